The maximum Gasteiger partial charge on any atom is 0.144 e. The van der Waals surface area contributed by atoms with Crippen molar-refractivity contribution in [3.05, 3.63) is 12.2 Å². The first-order chi connectivity index (χ1) is 6.20. The van der Waals surface area contributed by atoms with Crippen LogP contribution in [-0.2, 0) is 0 Å². The maximum absolute atomic E-state index is 9.90. The summed E-state index contributed by atoms with van der Waals surface area (Å²) in [7, 11) is 0. The molecule has 2 atom stereocenters. The minimum Gasteiger partial charge on any atom is -0.374 e. The van der Waals surface area contributed by atoms with Gasteiger partial charge in [0, 0.05) is 0 Å². The Balaban J connectivity index is 2.58. The Hall–Kier alpha value is -0.740. The molecule has 1 nitrogen and oxygen atoms in total. The fraction of sp³-hybridized carbons (Fsp3) is 0.667. The van der Waals surface area contributed by atoms with Crippen LogP contribution in [0, 0.1) is 17.8 Å². The second kappa shape index (κ2) is 4.48. The Morgan fingerprint density at radius 1 is 1.62 bits per heavy atom. The standard InChI is InChI=1S/C12H18O/c1-3-5-11-6-9-12(13,8-4-2)10-7-11/h6,9,11,13H,3,5,7,10H2,1-2H3. The van der Waals surface area contributed by atoms with Crippen LogP contribution >= 0.6 is 0 Å². The Bertz CT molecular complexity index is 244. The lowest BCUT2D eigenvalue weighted by Crippen LogP contribution is -2.27. The number of rotatable bonds is 2. The van der Waals surface area contributed by atoms with Gasteiger partial charge in [-0.25, -0.2) is 0 Å². The van der Waals surface area contributed by atoms with Gasteiger partial charge in [-0.2, -0.15) is 0 Å². The van der Waals surface area contributed by atoms with Gasteiger partial charge < -0.3 is 5.11 Å². The zero-order valence-electron chi connectivity index (χ0n) is 8.51. The smallest absolute Gasteiger partial charge is 0.144 e. The van der Waals surface area contributed by atoms with Gasteiger partial charge in [0.05, 0.1) is 0 Å². The Kier molecular flexibility index (Phi) is 3.57. The van der Waals surface area contributed by atoms with E-state index in [1.54, 1.807) is 6.92 Å². The molecule has 0 fully saturated rings. The van der Waals surface area contributed by atoms with Gasteiger partial charge in [0.15, 0.2) is 0 Å². The predicted molar refractivity (Wildman–Crippen MR) is 55.2 cm³/mol. The van der Waals surface area contributed by atoms with E-state index in [0.29, 0.717) is 5.92 Å². The number of hydrogen-bond acceptors (Lipinski definition) is 1. The summed E-state index contributed by atoms with van der Waals surface area (Å²) in [4.78, 5) is 0. The molecule has 0 aliphatic heterocycles. The van der Waals surface area contributed by atoms with Crippen molar-refractivity contribution in [2.45, 2.75) is 45.1 Å². The second-order valence-electron chi connectivity index (χ2n) is 3.75. The van der Waals surface area contributed by atoms with E-state index < -0.39 is 5.60 Å². The molecule has 0 amide bonds. The van der Waals surface area contributed by atoms with Crippen LogP contribution < -0.4 is 0 Å². The van der Waals surface area contributed by atoms with Crippen molar-refractivity contribution in [2.24, 2.45) is 5.92 Å². The van der Waals surface area contributed by atoms with Crippen molar-refractivity contribution in [1.29, 1.82) is 0 Å². The van der Waals surface area contributed by atoms with E-state index in [4.69, 9.17) is 0 Å². The zero-order valence-corrected chi connectivity index (χ0v) is 8.51. The van der Waals surface area contributed by atoms with Crippen molar-refractivity contribution in [3.63, 3.8) is 0 Å². The summed E-state index contributed by atoms with van der Waals surface area (Å²) in [5.41, 5.74) is -0.834. The Labute approximate surface area is 80.9 Å². The largest absolute Gasteiger partial charge is 0.374 e. The van der Waals surface area contributed by atoms with Crippen LogP contribution in [0.5, 0.6) is 0 Å². The Morgan fingerprint density at radius 3 is 2.85 bits per heavy atom. The van der Waals surface area contributed by atoms with Gasteiger partial charge in [0.1, 0.15) is 5.60 Å². The third-order valence-electron chi connectivity index (χ3n) is 2.54. The molecule has 0 spiro atoms. The monoisotopic (exact) mass is 178 g/mol. The molecule has 72 valence electrons. The molecule has 0 radical (unpaired) electrons. The van der Waals surface area contributed by atoms with E-state index in [0.717, 1.165) is 12.8 Å². The lowest BCUT2D eigenvalue weighted by atomic mass is 9.84. The first kappa shape index (κ1) is 10.3. The molecule has 0 saturated heterocycles. The van der Waals surface area contributed by atoms with Crippen LogP contribution in [0.4, 0.5) is 0 Å². The third-order valence-corrected chi connectivity index (χ3v) is 2.54. The van der Waals surface area contributed by atoms with E-state index in [-0.39, 0.29) is 0 Å². The molecule has 1 rings (SSSR count). The van der Waals surface area contributed by atoms with Crippen LogP contribution in [0.1, 0.15) is 39.5 Å². The molecule has 2 unspecified atom stereocenters. The van der Waals surface area contributed by atoms with E-state index in [2.05, 4.69) is 24.8 Å². The van der Waals surface area contributed by atoms with Gasteiger partial charge in [-0.1, -0.05) is 25.3 Å². The van der Waals surface area contributed by atoms with Crippen molar-refractivity contribution < 1.29 is 5.11 Å². The number of aliphatic hydroxyl groups is 1. The van der Waals surface area contributed by atoms with Crippen molar-refractivity contribution in [3.8, 4) is 11.8 Å². The van der Waals surface area contributed by atoms with E-state index in [9.17, 15) is 5.11 Å². The maximum atomic E-state index is 9.90. The topological polar surface area (TPSA) is 20.2 Å². The highest BCUT2D eigenvalue weighted by Crippen LogP contribution is 2.27. The first-order valence-electron chi connectivity index (χ1n) is 5.06. The fourth-order valence-corrected chi connectivity index (χ4v) is 1.81. The van der Waals surface area contributed by atoms with E-state index in [1.165, 1.54) is 12.8 Å². The SMILES string of the molecule is CC#CC1(O)C=CC(CCC)CC1. The first-order valence-corrected chi connectivity index (χ1v) is 5.06. The van der Waals surface area contributed by atoms with Gasteiger partial charge in [-0.05, 0) is 38.2 Å². The summed E-state index contributed by atoms with van der Waals surface area (Å²) in [5, 5.41) is 9.90. The van der Waals surface area contributed by atoms with E-state index in [1.807, 2.05) is 6.08 Å². The summed E-state index contributed by atoms with van der Waals surface area (Å²) >= 11 is 0. The minimum atomic E-state index is -0.834. The summed E-state index contributed by atoms with van der Waals surface area (Å²) in [6.45, 7) is 3.96. The lowest BCUT2D eigenvalue weighted by molar-refractivity contribution is 0.126. The van der Waals surface area contributed by atoms with Crippen molar-refractivity contribution >= 4 is 0 Å². The number of allylic oxidation sites excluding steroid dienone is 1. The predicted octanol–water partition coefficient (Wildman–Crippen LogP) is 2.51. The molecule has 0 aromatic heterocycles. The van der Waals surface area contributed by atoms with Crippen LogP contribution in [0.15, 0.2) is 12.2 Å². The van der Waals surface area contributed by atoms with E-state index >= 15 is 0 Å². The molecule has 13 heavy (non-hydrogen) atoms. The molecular formula is C12H18O. The minimum absolute atomic E-state index is 0.656. The molecule has 0 saturated carbocycles. The highest BCUT2D eigenvalue weighted by Gasteiger charge is 2.25. The molecule has 0 heterocycles. The summed E-state index contributed by atoms with van der Waals surface area (Å²) in [5.74, 6) is 6.27. The molecule has 1 aliphatic rings. The average Bonchev–Trinajstić information content (AvgIpc) is 2.10. The zero-order chi connectivity index (χ0) is 9.73. The molecule has 1 aliphatic carbocycles. The Morgan fingerprint density at radius 2 is 2.38 bits per heavy atom. The molecule has 0 aromatic carbocycles. The summed E-state index contributed by atoms with van der Waals surface area (Å²) in [6, 6.07) is 0. The molecule has 0 bridgehead atoms. The normalized spacial score (nSPS) is 32.4. The van der Waals surface area contributed by atoms with Gasteiger partial charge in [-0.15, -0.1) is 5.92 Å². The quantitative estimate of drug-likeness (QED) is 0.509. The van der Waals surface area contributed by atoms with Gasteiger partial charge in [0.25, 0.3) is 0 Å². The number of hydrogen-bond donors (Lipinski definition) is 1. The van der Waals surface area contributed by atoms with Gasteiger partial charge in [0.2, 0.25) is 0 Å². The summed E-state index contributed by atoms with van der Waals surface area (Å²) in [6.07, 6.45) is 8.29. The van der Waals surface area contributed by atoms with Gasteiger partial charge in [-0.3, -0.25) is 0 Å². The van der Waals surface area contributed by atoms with Crippen LogP contribution in [0.25, 0.3) is 0 Å². The van der Waals surface area contributed by atoms with Crippen LogP contribution in [0.3, 0.4) is 0 Å². The fourth-order valence-electron chi connectivity index (χ4n) is 1.81. The molecule has 1 N–H and O–H groups in total. The molecular weight excluding hydrogens is 160 g/mol. The van der Waals surface area contributed by atoms with Crippen LogP contribution in [0.2, 0.25) is 0 Å². The summed E-state index contributed by atoms with van der Waals surface area (Å²) < 4.78 is 0. The van der Waals surface area contributed by atoms with Gasteiger partial charge >= 0.3 is 0 Å². The average molecular weight is 178 g/mol. The van der Waals surface area contributed by atoms with Crippen LogP contribution in [-0.4, -0.2) is 10.7 Å². The highest BCUT2D eigenvalue weighted by atomic mass is 16.3. The highest BCUT2D eigenvalue weighted by molar-refractivity contribution is 5.24. The third kappa shape index (κ3) is 2.90. The van der Waals surface area contributed by atoms with Crippen molar-refractivity contribution in [2.75, 3.05) is 0 Å². The molecule has 1 heteroatoms. The van der Waals surface area contributed by atoms with Crippen molar-refractivity contribution in [1.82, 2.24) is 0 Å². The second-order valence-corrected chi connectivity index (χ2v) is 3.75. The lowest BCUT2D eigenvalue weighted by Gasteiger charge is -2.26. The molecule has 0 aromatic rings.